The van der Waals surface area contributed by atoms with Crippen molar-refractivity contribution in [3.05, 3.63) is 33.9 Å². The summed E-state index contributed by atoms with van der Waals surface area (Å²) < 4.78 is 5.07. The Morgan fingerprint density at radius 1 is 1.53 bits per heavy atom. The smallest absolute Gasteiger partial charge is 0.310 e. The average molecular weight is 236 g/mol. The van der Waals surface area contributed by atoms with Crippen molar-refractivity contribution in [2.45, 2.75) is 31.2 Å². The van der Waals surface area contributed by atoms with Gasteiger partial charge < -0.3 is 10.5 Å². The van der Waals surface area contributed by atoms with Crippen LogP contribution in [0.5, 0.6) is 5.75 Å². The van der Waals surface area contributed by atoms with Gasteiger partial charge in [0.05, 0.1) is 12.0 Å². The molecule has 1 aromatic carbocycles. The van der Waals surface area contributed by atoms with Crippen LogP contribution >= 0.6 is 0 Å². The summed E-state index contributed by atoms with van der Waals surface area (Å²) in [5.41, 5.74) is 7.00. The predicted octanol–water partition coefficient (Wildman–Crippen LogP) is 1.98. The summed E-state index contributed by atoms with van der Waals surface area (Å²) in [5.74, 6) is 0.305. The SMILES string of the molecule is COc1cc(C2(C(C)N)CC2)ccc1[N+](=O)[O-]. The van der Waals surface area contributed by atoms with Crippen molar-refractivity contribution >= 4 is 5.69 Å². The number of rotatable bonds is 4. The van der Waals surface area contributed by atoms with Crippen molar-refractivity contribution in [2.75, 3.05) is 7.11 Å². The third-order valence-corrected chi connectivity index (χ3v) is 3.61. The molecule has 1 aromatic rings. The summed E-state index contributed by atoms with van der Waals surface area (Å²) in [6, 6.07) is 5.08. The van der Waals surface area contributed by atoms with Gasteiger partial charge in [0.15, 0.2) is 5.75 Å². The van der Waals surface area contributed by atoms with Gasteiger partial charge in [-0.1, -0.05) is 6.07 Å². The highest BCUT2D eigenvalue weighted by Gasteiger charge is 2.47. The molecule has 0 aromatic heterocycles. The second-order valence-electron chi connectivity index (χ2n) is 4.59. The Morgan fingerprint density at radius 3 is 2.59 bits per heavy atom. The number of nitro groups is 1. The van der Waals surface area contributed by atoms with E-state index in [2.05, 4.69) is 0 Å². The van der Waals surface area contributed by atoms with Gasteiger partial charge in [0.1, 0.15) is 0 Å². The lowest BCUT2D eigenvalue weighted by Crippen LogP contribution is -2.31. The highest BCUT2D eigenvalue weighted by atomic mass is 16.6. The first kappa shape index (κ1) is 11.9. The fourth-order valence-electron chi connectivity index (χ4n) is 2.28. The van der Waals surface area contributed by atoms with Crippen LogP contribution in [0.15, 0.2) is 18.2 Å². The van der Waals surface area contributed by atoms with E-state index in [1.54, 1.807) is 12.1 Å². The van der Waals surface area contributed by atoms with E-state index in [1.165, 1.54) is 13.2 Å². The highest BCUT2D eigenvalue weighted by Crippen LogP contribution is 2.51. The zero-order valence-electron chi connectivity index (χ0n) is 9.97. The zero-order valence-corrected chi connectivity index (χ0v) is 9.97. The Hall–Kier alpha value is -1.62. The maximum Gasteiger partial charge on any atom is 0.310 e. The lowest BCUT2D eigenvalue weighted by molar-refractivity contribution is -0.385. The minimum absolute atomic E-state index is 0.00303. The predicted molar refractivity (Wildman–Crippen MR) is 64.2 cm³/mol. The van der Waals surface area contributed by atoms with Crippen LogP contribution in [-0.2, 0) is 5.41 Å². The number of benzene rings is 1. The molecule has 1 atom stereocenters. The molecule has 0 saturated heterocycles. The fourth-order valence-corrected chi connectivity index (χ4v) is 2.28. The summed E-state index contributed by atoms with van der Waals surface area (Å²) in [6.07, 6.45) is 2.07. The van der Waals surface area contributed by atoms with E-state index in [1.807, 2.05) is 6.92 Å². The van der Waals surface area contributed by atoms with Gasteiger partial charge in [-0.05, 0) is 31.4 Å². The van der Waals surface area contributed by atoms with Crippen LogP contribution in [0.1, 0.15) is 25.3 Å². The quantitative estimate of drug-likeness (QED) is 0.640. The summed E-state index contributed by atoms with van der Waals surface area (Å²) in [6.45, 7) is 1.97. The number of hydrogen-bond acceptors (Lipinski definition) is 4. The second kappa shape index (κ2) is 4.00. The van der Waals surface area contributed by atoms with Crippen molar-refractivity contribution in [1.29, 1.82) is 0 Å². The molecule has 2 rings (SSSR count). The highest BCUT2D eigenvalue weighted by molar-refractivity contribution is 5.51. The van der Waals surface area contributed by atoms with E-state index < -0.39 is 4.92 Å². The molecule has 5 nitrogen and oxygen atoms in total. The van der Waals surface area contributed by atoms with Gasteiger partial charge in [-0.3, -0.25) is 10.1 Å². The summed E-state index contributed by atoms with van der Waals surface area (Å²) >= 11 is 0. The molecule has 5 heteroatoms. The van der Waals surface area contributed by atoms with Crippen LogP contribution in [0.2, 0.25) is 0 Å². The van der Waals surface area contributed by atoms with Gasteiger partial charge in [-0.15, -0.1) is 0 Å². The molecule has 17 heavy (non-hydrogen) atoms. The van der Waals surface area contributed by atoms with Crippen molar-refractivity contribution in [3.63, 3.8) is 0 Å². The van der Waals surface area contributed by atoms with Gasteiger partial charge in [0, 0.05) is 17.5 Å². The number of nitrogens with two attached hydrogens (primary N) is 1. The second-order valence-corrected chi connectivity index (χ2v) is 4.59. The Balaban J connectivity index is 2.42. The number of nitro benzene ring substituents is 1. The van der Waals surface area contributed by atoms with Crippen LogP contribution in [-0.4, -0.2) is 18.1 Å². The Kier molecular flexibility index (Phi) is 2.79. The third kappa shape index (κ3) is 1.86. The van der Waals surface area contributed by atoms with Crippen molar-refractivity contribution in [3.8, 4) is 5.75 Å². The molecular weight excluding hydrogens is 220 g/mol. The van der Waals surface area contributed by atoms with E-state index in [9.17, 15) is 10.1 Å². The van der Waals surface area contributed by atoms with Crippen molar-refractivity contribution < 1.29 is 9.66 Å². The van der Waals surface area contributed by atoms with Gasteiger partial charge in [0.25, 0.3) is 0 Å². The minimum atomic E-state index is -0.436. The molecule has 0 amide bonds. The lowest BCUT2D eigenvalue weighted by Gasteiger charge is -2.20. The van der Waals surface area contributed by atoms with Gasteiger partial charge in [-0.25, -0.2) is 0 Å². The van der Waals surface area contributed by atoms with Crippen LogP contribution in [0.25, 0.3) is 0 Å². The Bertz CT molecular complexity index is 453. The Labute approximate surface area is 99.7 Å². The molecule has 1 unspecified atom stereocenters. The molecule has 0 aliphatic heterocycles. The molecule has 92 valence electrons. The molecule has 0 heterocycles. The molecule has 1 aliphatic carbocycles. The first-order chi connectivity index (χ1) is 8.01. The molecule has 1 aliphatic rings. The first-order valence-corrected chi connectivity index (χ1v) is 5.60. The van der Waals surface area contributed by atoms with E-state index in [-0.39, 0.29) is 17.1 Å². The van der Waals surface area contributed by atoms with E-state index in [0.717, 1.165) is 18.4 Å². The topological polar surface area (TPSA) is 78.4 Å². The van der Waals surface area contributed by atoms with Crippen molar-refractivity contribution in [2.24, 2.45) is 5.73 Å². The van der Waals surface area contributed by atoms with Crippen LogP contribution in [0.4, 0.5) is 5.69 Å². The van der Waals surface area contributed by atoms with E-state index >= 15 is 0 Å². The molecule has 0 radical (unpaired) electrons. The Morgan fingerprint density at radius 2 is 2.18 bits per heavy atom. The van der Waals surface area contributed by atoms with Gasteiger partial charge in [-0.2, -0.15) is 0 Å². The lowest BCUT2D eigenvalue weighted by atomic mass is 9.89. The first-order valence-electron chi connectivity index (χ1n) is 5.60. The standard InChI is InChI=1S/C12H16N2O3/c1-8(13)12(5-6-12)9-3-4-10(14(15)16)11(7-9)17-2/h3-4,7-8H,5-6,13H2,1-2H3. The summed E-state index contributed by atoms with van der Waals surface area (Å²) in [5, 5.41) is 10.8. The fraction of sp³-hybridized carbons (Fsp3) is 0.500. The zero-order chi connectivity index (χ0) is 12.6. The minimum Gasteiger partial charge on any atom is -0.490 e. The van der Waals surface area contributed by atoms with Gasteiger partial charge >= 0.3 is 5.69 Å². The molecular formula is C12H16N2O3. The maximum absolute atomic E-state index is 10.8. The molecule has 0 spiro atoms. The number of hydrogen-bond donors (Lipinski definition) is 1. The maximum atomic E-state index is 10.8. The normalized spacial score (nSPS) is 18.5. The van der Waals surface area contributed by atoms with E-state index in [4.69, 9.17) is 10.5 Å². The third-order valence-electron chi connectivity index (χ3n) is 3.61. The average Bonchev–Trinajstić information content (AvgIpc) is 3.09. The summed E-state index contributed by atoms with van der Waals surface area (Å²) in [4.78, 5) is 10.4. The van der Waals surface area contributed by atoms with Crippen molar-refractivity contribution in [1.82, 2.24) is 0 Å². The van der Waals surface area contributed by atoms with E-state index in [0.29, 0.717) is 5.75 Å². The number of methoxy groups -OCH3 is 1. The molecule has 2 N–H and O–H groups in total. The van der Waals surface area contributed by atoms with Gasteiger partial charge in [0.2, 0.25) is 0 Å². The van der Waals surface area contributed by atoms with Crippen LogP contribution in [0, 0.1) is 10.1 Å². The number of ether oxygens (including phenoxy) is 1. The largest absolute Gasteiger partial charge is 0.490 e. The van der Waals surface area contributed by atoms with Crippen LogP contribution in [0.3, 0.4) is 0 Å². The number of nitrogens with zero attached hydrogens (tertiary/aromatic N) is 1. The summed E-state index contributed by atoms with van der Waals surface area (Å²) in [7, 11) is 1.44. The molecule has 1 saturated carbocycles. The molecule has 1 fully saturated rings. The molecule has 0 bridgehead atoms. The monoisotopic (exact) mass is 236 g/mol. The van der Waals surface area contributed by atoms with Crippen LogP contribution < -0.4 is 10.5 Å².